The molecular formula is C16H20N2S. The molecule has 0 radical (unpaired) electrons. The van der Waals surface area contributed by atoms with E-state index in [1.54, 1.807) is 11.8 Å². The van der Waals surface area contributed by atoms with E-state index in [9.17, 15) is 0 Å². The normalized spacial score (nSPS) is 10.6. The van der Waals surface area contributed by atoms with Crippen molar-refractivity contribution in [2.75, 3.05) is 6.54 Å². The minimum Gasteiger partial charge on any atom is -0.313 e. The van der Waals surface area contributed by atoms with Gasteiger partial charge in [-0.15, -0.1) is 11.8 Å². The highest BCUT2D eigenvalue weighted by Crippen LogP contribution is 2.21. The molecule has 1 aromatic heterocycles. The van der Waals surface area contributed by atoms with Gasteiger partial charge in [-0.3, -0.25) is 0 Å². The van der Waals surface area contributed by atoms with Crippen LogP contribution in [-0.4, -0.2) is 11.5 Å². The van der Waals surface area contributed by atoms with Gasteiger partial charge in [0.1, 0.15) is 0 Å². The maximum atomic E-state index is 4.49. The molecule has 0 spiro atoms. The number of aryl methyl sites for hydroxylation is 1. The smallest absolute Gasteiger partial charge is 0.0963 e. The van der Waals surface area contributed by atoms with Gasteiger partial charge in [-0.2, -0.15) is 0 Å². The van der Waals surface area contributed by atoms with Crippen LogP contribution >= 0.6 is 11.8 Å². The summed E-state index contributed by atoms with van der Waals surface area (Å²) in [4.78, 5) is 4.49. The third kappa shape index (κ3) is 4.69. The van der Waals surface area contributed by atoms with Gasteiger partial charge in [0.2, 0.25) is 0 Å². The van der Waals surface area contributed by atoms with Crippen molar-refractivity contribution >= 4 is 11.8 Å². The summed E-state index contributed by atoms with van der Waals surface area (Å²) in [5.74, 6) is 0.973. The highest BCUT2D eigenvalue weighted by Gasteiger charge is 1.99. The molecular weight excluding hydrogens is 252 g/mol. The minimum absolute atomic E-state index is 0.895. The first kappa shape index (κ1) is 14.1. The third-order valence-electron chi connectivity index (χ3n) is 2.85. The van der Waals surface area contributed by atoms with E-state index >= 15 is 0 Å². The van der Waals surface area contributed by atoms with Gasteiger partial charge in [-0.05, 0) is 30.7 Å². The molecule has 0 fully saturated rings. The number of benzene rings is 1. The fourth-order valence-electron chi connectivity index (χ4n) is 1.83. The van der Waals surface area contributed by atoms with E-state index in [0.717, 1.165) is 23.9 Å². The first-order valence-electron chi connectivity index (χ1n) is 6.62. The standard InChI is InChI=1S/C16H20N2S/c1-3-17-10-15-7-8-16(18-11-15)19-12-14-6-4-5-13(2)9-14/h4-9,11,17H,3,10,12H2,1-2H3. The number of pyridine rings is 1. The summed E-state index contributed by atoms with van der Waals surface area (Å²) in [5, 5.41) is 4.39. The van der Waals surface area contributed by atoms with Crippen LogP contribution in [0.5, 0.6) is 0 Å². The largest absolute Gasteiger partial charge is 0.313 e. The van der Waals surface area contributed by atoms with Crippen molar-refractivity contribution in [1.29, 1.82) is 0 Å². The molecule has 1 aromatic carbocycles. The van der Waals surface area contributed by atoms with Crippen LogP contribution in [0.25, 0.3) is 0 Å². The van der Waals surface area contributed by atoms with Crippen LogP contribution in [0, 0.1) is 6.92 Å². The van der Waals surface area contributed by atoms with Gasteiger partial charge in [-0.25, -0.2) is 4.98 Å². The molecule has 2 rings (SSSR count). The number of nitrogens with zero attached hydrogens (tertiary/aromatic N) is 1. The molecule has 1 heterocycles. The lowest BCUT2D eigenvalue weighted by molar-refractivity contribution is 0.723. The number of hydrogen-bond donors (Lipinski definition) is 1. The predicted octanol–water partition coefficient (Wildman–Crippen LogP) is 3.79. The van der Waals surface area contributed by atoms with Crippen molar-refractivity contribution in [1.82, 2.24) is 10.3 Å². The molecule has 0 atom stereocenters. The van der Waals surface area contributed by atoms with Crippen LogP contribution in [0.4, 0.5) is 0 Å². The Kier molecular flexibility index (Phi) is 5.43. The quantitative estimate of drug-likeness (QED) is 0.810. The molecule has 100 valence electrons. The van der Waals surface area contributed by atoms with E-state index in [-0.39, 0.29) is 0 Å². The Bertz CT molecular complexity index is 508. The molecule has 2 nitrogen and oxygen atoms in total. The fraction of sp³-hybridized carbons (Fsp3) is 0.312. The maximum Gasteiger partial charge on any atom is 0.0963 e. The van der Waals surface area contributed by atoms with Gasteiger partial charge >= 0.3 is 0 Å². The summed E-state index contributed by atoms with van der Waals surface area (Å²) in [7, 11) is 0. The number of nitrogens with one attached hydrogen (secondary N) is 1. The summed E-state index contributed by atoms with van der Waals surface area (Å²) in [5.41, 5.74) is 3.90. The summed E-state index contributed by atoms with van der Waals surface area (Å²) in [6, 6.07) is 12.9. The van der Waals surface area contributed by atoms with Gasteiger partial charge in [0.25, 0.3) is 0 Å². The molecule has 0 aliphatic carbocycles. The Hall–Kier alpha value is -1.32. The van der Waals surface area contributed by atoms with Gasteiger partial charge in [0.05, 0.1) is 5.03 Å². The third-order valence-corrected chi connectivity index (χ3v) is 3.86. The molecule has 0 aliphatic rings. The number of aromatic nitrogens is 1. The van der Waals surface area contributed by atoms with Crippen LogP contribution < -0.4 is 5.32 Å². The molecule has 0 aliphatic heterocycles. The Morgan fingerprint density at radius 2 is 2.05 bits per heavy atom. The van der Waals surface area contributed by atoms with Crippen LogP contribution in [-0.2, 0) is 12.3 Å². The van der Waals surface area contributed by atoms with Crippen molar-refractivity contribution in [2.24, 2.45) is 0 Å². The Morgan fingerprint density at radius 3 is 2.74 bits per heavy atom. The molecule has 3 heteroatoms. The van der Waals surface area contributed by atoms with E-state index < -0.39 is 0 Å². The van der Waals surface area contributed by atoms with Gasteiger partial charge < -0.3 is 5.32 Å². The first-order valence-corrected chi connectivity index (χ1v) is 7.60. The van der Waals surface area contributed by atoms with Crippen LogP contribution in [0.2, 0.25) is 0 Å². The van der Waals surface area contributed by atoms with Crippen LogP contribution in [0.15, 0.2) is 47.6 Å². The number of rotatable bonds is 6. The highest BCUT2D eigenvalue weighted by molar-refractivity contribution is 7.98. The second-order valence-electron chi connectivity index (χ2n) is 4.56. The lowest BCUT2D eigenvalue weighted by Crippen LogP contribution is -2.11. The zero-order valence-electron chi connectivity index (χ0n) is 11.5. The summed E-state index contributed by atoms with van der Waals surface area (Å²) in [6.07, 6.45) is 1.96. The van der Waals surface area contributed by atoms with Gasteiger partial charge in [-0.1, -0.05) is 42.8 Å². The lowest BCUT2D eigenvalue weighted by Gasteiger charge is -2.04. The van der Waals surface area contributed by atoms with Crippen molar-refractivity contribution < 1.29 is 0 Å². The van der Waals surface area contributed by atoms with Crippen molar-refractivity contribution in [2.45, 2.75) is 31.2 Å². The molecule has 2 aromatic rings. The van der Waals surface area contributed by atoms with Gasteiger partial charge in [0, 0.05) is 18.5 Å². The number of thioether (sulfide) groups is 1. The van der Waals surface area contributed by atoms with Crippen LogP contribution in [0.1, 0.15) is 23.6 Å². The van der Waals surface area contributed by atoms with E-state index in [4.69, 9.17) is 0 Å². The molecule has 0 bridgehead atoms. The Labute approximate surface area is 119 Å². The van der Waals surface area contributed by atoms with Crippen molar-refractivity contribution in [3.8, 4) is 0 Å². The highest BCUT2D eigenvalue weighted by atomic mass is 32.2. The van der Waals surface area contributed by atoms with Crippen LogP contribution in [0.3, 0.4) is 0 Å². The zero-order chi connectivity index (χ0) is 13.5. The minimum atomic E-state index is 0.895. The van der Waals surface area contributed by atoms with E-state index in [2.05, 4.69) is 60.5 Å². The Balaban J connectivity index is 1.89. The zero-order valence-corrected chi connectivity index (χ0v) is 12.3. The van der Waals surface area contributed by atoms with E-state index in [1.165, 1.54) is 16.7 Å². The van der Waals surface area contributed by atoms with E-state index in [1.807, 2.05) is 6.20 Å². The van der Waals surface area contributed by atoms with E-state index in [0.29, 0.717) is 0 Å². The molecule has 1 N–H and O–H groups in total. The second kappa shape index (κ2) is 7.31. The average molecular weight is 272 g/mol. The summed E-state index contributed by atoms with van der Waals surface area (Å²) < 4.78 is 0. The van der Waals surface area contributed by atoms with Gasteiger partial charge in [0.15, 0.2) is 0 Å². The van der Waals surface area contributed by atoms with Crippen molar-refractivity contribution in [3.63, 3.8) is 0 Å². The molecule has 19 heavy (non-hydrogen) atoms. The van der Waals surface area contributed by atoms with Crippen molar-refractivity contribution in [3.05, 3.63) is 59.3 Å². The lowest BCUT2D eigenvalue weighted by atomic mass is 10.2. The maximum absolute atomic E-state index is 4.49. The number of hydrogen-bond acceptors (Lipinski definition) is 3. The summed E-state index contributed by atoms with van der Waals surface area (Å²) in [6.45, 7) is 6.12. The molecule has 0 saturated heterocycles. The monoisotopic (exact) mass is 272 g/mol. The summed E-state index contributed by atoms with van der Waals surface area (Å²) >= 11 is 1.78. The fourth-order valence-corrected chi connectivity index (χ4v) is 2.62. The second-order valence-corrected chi connectivity index (χ2v) is 5.56. The predicted molar refractivity (Wildman–Crippen MR) is 82.4 cm³/mol. The molecule has 0 saturated carbocycles. The Morgan fingerprint density at radius 1 is 1.16 bits per heavy atom. The average Bonchev–Trinajstić information content (AvgIpc) is 2.44. The SMILES string of the molecule is CCNCc1ccc(SCc2cccc(C)c2)nc1. The first-order chi connectivity index (χ1) is 9.28. The molecule has 0 unspecified atom stereocenters. The topological polar surface area (TPSA) is 24.9 Å². The molecule has 0 amide bonds.